The molecule has 0 atom stereocenters. The van der Waals surface area contributed by atoms with Crippen LogP contribution in [0.25, 0.3) is 10.9 Å². The van der Waals surface area contributed by atoms with Crippen LogP contribution in [0, 0.1) is 5.82 Å². The molecule has 0 spiro atoms. The van der Waals surface area contributed by atoms with Crippen LogP contribution in [0.15, 0.2) is 41.9 Å². The molecule has 2 rings (SSSR count). The zero-order chi connectivity index (χ0) is 13.3. The number of allylic oxidation sites excluding steroid dienone is 1. The van der Waals surface area contributed by atoms with E-state index in [2.05, 4.69) is 6.58 Å². The van der Waals surface area contributed by atoms with E-state index in [1.807, 2.05) is 0 Å². The van der Waals surface area contributed by atoms with Crippen LogP contribution in [0.1, 0.15) is 6.42 Å². The number of benzene rings is 1. The van der Waals surface area contributed by atoms with Gasteiger partial charge in [0.1, 0.15) is 10.7 Å². The van der Waals surface area contributed by atoms with Crippen molar-refractivity contribution < 1.29 is 12.8 Å². The lowest BCUT2D eigenvalue weighted by Crippen LogP contribution is -1.94. The Kier molecular flexibility index (Phi) is 3.45. The topological polar surface area (TPSA) is 39.1 Å². The van der Waals surface area contributed by atoms with E-state index in [0.717, 1.165) is 0 Å². The van der Waals surface area contributed by atoms with Crippen LogP contribution < -0.4 is 0 Å². The van der Waals surface area contributed by atoms with Gasteiger partial charge < -0.3 is 4.57 Å². The van der Waals surface area contributed by atoms with Gasteiger partial charge in [-0.1, -0.05) is 12.1 Å². The fourth-order valence-electron chi connectivity index (χ4n) is 1.87. The number of halogens is 2. The molecule has 96 valence electrons. The molecule has 0 radical (unpaired) electrons. The van der Waals surface area contributed by atoms with Crippen molar-refractivity contribution in [2.24, 2.45) is 0 Å². The number of nitrogens with zero attached hydrogens (tertiary/aromatic N) is 1. The SMILES string of the molecule is C=CCCn1cc(S(=O)(=O)Cl)c2c(F)cccc21. The van der Waals surface area contributed by atoms with Crippen molar-refractivity contribution in [2.45, 2.75) is 17.9 Å². The van der Waals surface area contributed by atoms with Gasteiger partial charge in [-0.3, -0.25) is 0 Å². The first kappa shape index (κ1) is 13.1. The van der Waals surface area contributed by atoms with Crippen molar-refractivity contribution >= 4 is 30.6 Å². The van der Waals surface area contributed by atoms with E-state index in [4.69, 9.17) is 10.7 Å². The Balaban J connectivity index is 2.76. The van der Waals surface area contributed by atoms with Crippen molar-refractivity contribution in [3.8, 4) is 0 Å². The molecule has 0 aliphatic carbocycles. The molecular weight excluding hydrogens is 277 g/mol. The third kappa shape index (κ3) is 2.28. The Bertz CT molecular complexity index is 706. The highest BCUT2D eigenvalue weighted by atomic mass is 35.7. The van der Waals surface area contributed by atoms with Crippen molar-refractivity contribution in [3.63, 3.8) is 0 Å². The lowest BCUT2D eigenvalue weighted by atomic mass is 10.2. The van der Waals surface area contributed by atoms with Crippen LogP contribution >= 0.6 is 10.7 Å². The van der Waals surface area contributed by atoms with Gasteiger partial charge in [0, 0.05) is 23.4 Å². The molecule has 3 nitrogen and oxygen atoms in total. The van der Waals surface area contributed by atoms with E-state index in [1.165, 1.54) is 18.3 Å². The minimum absolute atomic E-state index is 0.0385. The summed E-state index contributed by atoms with van der Waals surface area (Å²) >= 11 is 0. The molecule has 18 heavy (non-hydrogen) atoms. The largest absolute Gasteiger partial charge is 0.346 e. The Morgan fingerprint density at radius 3 is 2.78 bits per heavy atom. The maximum absolute atomic E-state index is 13.8. The van der Waals surface area contributed by atoms with Crippen LogP contribution in [-0.2, 0) is 15.6 Å². The molecule has 0 aliphatic rings. The molecule has 6 heteroatoms. The molecule has 0 saturated carbocycles. The monoisotopic (exact) mass is 287 g/mol. The highest BCUT2D eigenvalue weighted by Crippen LogP contribution is 2.30. The average Bonchev–Trinajstić information content (AvgIpc) is 2.66. The lowest BCUT2D eigenvalue weighted by molar-refractivity contribution is 0.607. The smallest absolute Gasteiger partial charge is 0.263 e. The highest BCUT2D eigenvalue weighted by molar-refractivity contribution is 8.14. The first-order valence-electron chi connectivity index (χ1n) is 5.28. The van der Waals surface area contributed by atoms with E-state index >= 15 is 0 Å². The number of aryl methyl sites for hydroxylation is 1. The molecule has 0 fully saturated rings. The van der Waals surface area contributed by atoms with E-state index < -0.39 is 14.9 Å². The predicted molar refractivity (Wildman–Crippen MR) is 69.7 cm³/mol. The molecule has 1 aromatic heterocycles. The van der Waals surface area contributed by atoms with Gasteiger partial charge in [0.15, 0.2) is 0 Å². The summed E-state index contributed by atoms with van der Waals surface area (Å²) in [6.07, 6.45) is 3.72. The number of fused-ring (bicyclic) bond motifs is 1. The van der Waals surface area contributed by atoms with Gasteiger partial charge >= 0.3 is 0 Å². The van der Waals surface area contributed by atoms with Gasteiger partial charge in [-0.25, -0.2) is 12.8 Å². The quantitative estimate of drug-likeness (QED) is 0.639. The molecule has 1 aromatic carbocycles. The van der Waals surface area contributed by atoms with Crippen molar-refractivity contribution in [2.75, 3.05) is 0 Å². The number of hydrogen-bond acceptors (Lipinski definition) is 2. The normalized spacial score (nSPS) is 11.9. The maximum Gasteiger partial charge on any atom is 0.263 e. The summed E-state index contributed by atoms with van der Waals surface area (Å²) in [5.74, 6) is -0.593. The summed E-state index contributed by atoms with van der Waals surface area (Å²) in [6.45, 7) is 4.12. The predicted octanol–water partition coefficient (Wildman–Crippen LogP) is 3.28. The summed E-state index contributed by atoms with van der Waals surface area (Å²) in [4.78, 5) is -0.193. The summed E-state index contributed by atoms with van der Waals surface area (Å²) in [5, 5.41) is 0.0385. The summed E-state index contributed by atoms with van der Waals surface area (Å²) in [6, 6.07) is 4.41. The Morgan fingerprint density at radius 2 is 2.17 bits per heavy atom. The van der Waals surface area contributed by atoms with Gasteiger partial charge in [0.2, 0.25) is 0 Å². The average molecular weight is 288 g/mol. The van der Waals surface area contributed by atoms with Crippen LogP contribution in [0.2, 0.25) is 0 Å². The third-order valence-electron chi connectivity index (χ3n) is 2.66. The Labute approximate surface area is 109 Å². The second-order valence-electron chi connectivity index (χ2n) is 3.84. The number of hydrogen-bond donors (Lipinski definition) is 0. The zero-order valence-electron chi connectivity index (χ0n) is 9.44. The van der Waals surface area contributed by atoms with Gasteiger partial charge in [-0.05, 0) is 18.6 Å². The van der Waals surface area contributed by atoms with Gasteiger partial charge in [-0.2, -0.15) is 0 Å². The Morgan fingerprint density at radius 1 is 1.44 bits per heavy atom. The third-order valence-corrected chi connectivity index (χ3v) is 3.99. The molecule has 0 bridgehead atoms. The molecule has 0 saturated heterocycles. The van der Waals surface area contributed by atoms with E-state index in [-0.39, 0.29) is 10.3 Å². The number of rotatable bonds is 4. The fourth-order valence-corrected chi connectivity index (χ4v) is 2.92. The zero-order valence-corrected chi connectivity index (χ0v) is 11.0. The van der Waals surface area contributed by atoms with E-state index in [9.17, 15) is 12.8 Å². The second kappa shape index (κ2) is 4.74. The second-order valence-corrected chi connectivity index (χ2v) is 6.37. The van der Waals surface area contributed by atoms with E-state index in [1.54, 1.807) is 16.7 Å². The molecule has 1 heterocycles. The highest BCUT2D eigenvalue weighted by Gasteiger charge is 2.21. The minimum atomic E-state index is -3.97. The van der Waals surface area contributed by atoms with Crippen molar-refractivity contribution in [3.05, 3.63) is 42.9 Å². The first-order valence-corrected chi connectivity index (χ1v) is 7.59. The van der Waals surface area contributed by atoms with Crippen LogP contribution in [0.5, 0.6) is 0 Å². The Hall–Kier alpha value is -1.33. The van der Waals surface area contributed by atoms with Gasteiger partial charge in [-0.15, -0.1) is 6.58 Å². The molecule has 0 unspecified atom stereocenters. The van der Waals surface area contributed by atoms with Gasteiger partial charge in [0.25, 0.3) is 9.05 Å². The molecule has 0 aliphatic heterocycles. The summed E-state index contributed by atoms with van der Waals surface area (Å²) in [5.41, 5.74) is 0.510. The maximum atomic E-state index is 13.8. The fraction of sp³-hybridized carbons (Fsp3) is 0.167. The van der Waals surface area contributed by atoms with Crippen LogP contribution in [-0.4, -0.2) is 13.0 Å². The van der Waals surface area contributed by atoms with Crippen molar-refractivity contribution in [1.82, 2.24) is 4.57 Å². The summed E-state index contributed by atoms with van der Waals surface area (Å²) < 4.78 is 38.3. The molecular formula is C12H11ClFNO2S. The summed E-state index contributed by atoms with van der Waals surface area (Å²) in [7, 11) is 1.36. The molecule has 0 amide bonds. The molecule has 2 aromatic rings. The lowest BCUT2D eigenvalue weighted by Gasteiger charge is -2.02. The van der Waals surface area contributed by atoms with Crippen LogP contribution in [0.4, 0.5) is 4.39 Å². The molecule has 0 N–H and O–H groups in total. The van der Waals surface area contributed by atoms with Crippen molar-refractivity contribution in [1.29, 1.82) is 0 Å². The van der Waals surface area contributed by atoms with Crippen LogP contribution in [0.3, 0.4) is 0 Å². The first-order chi connectivity index (χ1) is 8.45. The number of aromatic nitrogens is 1. The van der Waals surface area contributed by atoms with E-state index in [0.29, 0.717) is 18.5 Å². The minimum Gasteiger partial charge on any atom is -0.346 e. The standard InChI is InChI=1S/C12H11ClFNO2S/c1-2-3-7-15-8-11(18(13,16)17)12-9(14)5-4-6-10(12)15/h2,4-6,8H,1,3,7H2. The van der Waals surface area contributed by atoms with Gasteiger partial charge in [0.05, 0.1) is 10.9 Å².